The number of ether oxygens (including phenoxy) is 1. The Balaban J connectivity index is 2.91. The molecule has 1 N–H and O–H groups in total. The van der Waals surface area contributed by atoms with Crippen LogP contribution in [0.1, 0.15) is 31.9 Å². The number of nitrogens with one attached hydrogen (secondary N) is 1. The van der Waals surface area contributed by atoms with Gasteiger partial charge in [0.25, 0.3) is 0 Å². The van der Waals surface area contributed by atoms with Gasteiger partial charge in [-0.05, 0) is 43.9 Å². The highest BCUT2D eigenvalue weighted by atomic mass is 35.7. The second-order valence-corrected chi connectivity index (χ2v) is 8.11. The van der Waals surface area contributed by atoms with Gasteiger partial charge in [-0.3, -0.25) is 4.79 Å². The fourth-order valence-corrected chi connectivity index (χ4v) is 3.63. The van der Waals surface area contributed by atoms with Crippen molar-refractivity contribution in [3.8, 4) is 5.75 Å². The molecule has 1 aromatic carbocycles. The van der Waals surface area contributed by atoms with Gasteiger partial charge in [0.1, 0.15) is 11.8 Å². The van der Waals surface area contributed by atoms with Crippen molar-refractivity contribution >= 4 is 24.1 Å². The maximum Gasteiger partial charge on any atom is 0.409 e. The zero-order valence-corrected chi connectivity index (χ0v) is 15.2. The summed E-state index contributed by atoms with van der Waals surface area (Å²) in [5.74, 6) is -0.214. The van der Waals surface area contributed by atoms with Gasteiger partial charge < -0.3 is 9.26 Å². The van der Waals surface area contributed by atoms with Gasteiger partial charge in [-0.25, -0.2) is 9.65 Å². The molecule has 124 valence electrons. The molecule has 7 heteroatoms. The molecule has 1 aromatic rings. The Labute approximate surface area is 136 Å². The van der Waals surface area contributed by atoms with E-state index in [1.807, 2.05) is 33.8 Å². The summed E-state index contributed by atoms with van der Waals surface area (Å²) in [5.41, 5.74) is 1.85. The van der Waals surface area contributed by atoms with Gasteiger partial charge in [-0.2, -0.15) is 0 Å². The molecular formula is C15H23ClNO4P. The van der Waals surface area contributed by atoms with E-state index in [9.17, 15) is 9.36 Å². The first kappa shape index (κ1) is 19.0. The van der Waals surface area contributed by atoms with Gasteiger partial charge in [0.05, 0.1) is 6.61 Å². The molecule has 0 saturated heterocycles. The molecule has 0 aliphatic rings. The minimum atomic E-state index is -3.73. The number of rotatable bonds is 7. The van der Waals surface area contributed by atoms with Crippen molar-refractivity contribution < 1.29 is 18.6 Å². The molecular weight excluding hydrogens is 325 g/mol. The number of hydrogen-bond donors (Lipinski definition) is 1. The molecule has 1 unspecified atom stereocenters. The highest BCUT2D eigenvalue weighted by Crippen LogP contribution is 2.50. The zero-order valence-electron chi connectivity index (χ0n) is 13.6. The molecule has 0 fully saturated rings. The van der Waals surface area contributed by atoms with Crippen molar-refractivity contribution in [2.45, 2.75) is 40.7 Å². The monoisotopic (exact) mass is 347 g/mol. The van der Waals surface area contributed by atoms with Crippen LogP contribution in [0, 0.1) is 19.8 Å². The molecule has 22 heavy (non-hydrogen) atoms. The van der Waals surface area contributed by atoms with E-state index in [0.29, 0.717) is 5.75 Å². The van der Waals surface area contributed by atoms with Crippen LogP contribution in [0.25, 0.3) is 0 Å². The predicted octanol–water partition coefficient (Wildman–Crippen LogP) is 4.21. The Bertz CT molecular complexity index is 577. The number of benzene rings is 1. The van der Waals surface area contributed by atoms with Gasteiger partial charge in [-0.15, -0.1) is 0 Å². The number of halogens is 1. The smallest absolute Gasteiger partial charge is 0.409 e. The Morgan fingerprint density at radius 3 is 2.55 bits per heavy atom. The molecule has 2 atom stereocenters. The third-order valence-electron chi connectivity index (χ3n) is 3.27. The Morgan fingerprint density at radius 1 is 1.36 bits per heavy atom. The Kier molecular flexibility index (Phi) is 6.92. The maximum absolute atomic E-state index is 12.5. The maximum atomic E-state index is 12.5. The third-order valence-corrected chi connectivity index (χ3v) is 4.79. The summed E-state index contributed by atoms with van der Waals surface area (Å²) in [6.07, 6.45) is 0. The molecule has 0 amide bonds. The van der Waals surface area contributed by atoms with Crippen molar-refractivity contribution in [2.75, 3.05) is 6.61 Å². The quantitative estimate of drug-likeness (QED) is 0.591. The van der Waals surface area contributed by atoms with Crippen LogP contribution in [0.4, 0.5) is 0 Å². The minimum Gasteiger partial charge on any atom is -0.465 e. The largest absolute Gasteiger partial charge is 0.465 e. The lowest BCUT2D eigenvalue weighted by atomic mass is 10.1. The second-order valence-electron chi connectivity index (χ2n) is 5.37. The van der Waals surface area contributed by atoms with Crippen LogP contribution in [-0.4, -0.2) is 18.6 Å². The number of carbonyl (C=O) groups is 1. The van der Waals surface area contributed by atoms with E-state index in [1.165, 1.54) is 0 Å². The lowest BCUT2D eigenvalue weighted by molar-refractivity contribution is -0.146. The van der Waals surface area contributed by atoms with Crippen molar-refractivity contribution in [1.29, 1.82) is 0 Å². The molecule has 5 nitrogen and oxygen atoms in total. The minimum absolute atomic E-state index is 0.145. The van der Waals surface area contributed by atoms with E-state index < -0.39 is 18.9 Å². The molecule has 0 bridgehead atoms. The van der Waals surface area contributed by atoms with Crippen LogP contribution >= 0.6 is 18.1 Å². The average Bonchev–Trinajstić information content (AvgIpc) is 2.41. The van der Waals surface area contributed by atoms with Crippen molar-refractivity contribution in [3.05, 3.63) is 29.3 Å². The van der Waals surface area contributed by atoms with Crippen molar-refractivity contribution in [2.24, 2.45) is 5.92 Å². The first-order valence-electron chi connectivity index (χ1n) is 7.18. The van der Waals surface area contributed by atoms with E-state index in [-0.39, 0.29) is 12.5 Å². The predicted molar refractivity (Wildman–Crippen MR) is 88.4 cm³/mol. The number of aryl methyl sites for hydroxylation is 1. The number of hydrogen-bond acceptors (Lipinski definition) is 4. The van der Waals surface area contributed by atoms with E-state index in [4.69, 9.17) is 20.5 Å². The van der Waals surface area contributed by atoms with Gasteiger partial charge in [0.2, 0.25) is 0 Å². The standard InChI is InChI=1S/C15H23ClNO4P/c1-6-20-15(18)14(10(2)3)17-22(16,19)21-13-9-7-8-11(4)12(13)5/h7-10,14H,6H2,1-5H3,(H,17,19)/t14-,22?/m0/s1. The van der Waals surface area contributed by atoms with E-state index in [0.717, 1.165) is 11.1 Å². The molecule has 1 rings (SSSR count). The summed E-state index contributed by atoms with van der Waals surface area (Å²) in [7, 11) is 0. The summed E-state index contributed by atoms with van der Waals surface area (Å²) in [6, 6.07) is 4.60. The molecule has 0 spiro atoms. The van der Waals surface area contributed by atoms with Gasteiger partial charge in [-0.1, -0.05) is 26.0 Å². The lowest BCUT2D eigenvalue weighted by Crippen LogP contribution is -2.40. The zero-order chi connectivity index (χ0) is 16.9. The SMILES string of the molecule is CCOC(=O)[C@@H](NP(=O)(Cl)Oc1cccc(C)c1C)C(C)C. The normalized spacial score (nSPS) is 15.2. The fourth-order valence-electron chi connectivity index (χ4n) is 1.85. The molecule has 0 radical (unpaired) electrons. The van der Waals surface area contributed by atoms with Gasteiger partial charge in [0, 0.05) is 11.2 Å². The number of esters is 1. The van der Waals surface area contributed by atoms with Crippen LogP contribution in [0.15, 0.2) is 18.2 Å². The lowest BCUT2D eigenvalue weighted by Gasteiger charge is -2.24. The van der Waals surface area contributed by atoms with Crippen LogP contribution in [-0.2, 0) is 14.1 Å². The summed E-state index contributed by atoms with van der Waals surface area (Å²) in [6.45, 7) is 5.62. The van der Waals surface area contributed by atoms with Gasteiger partial charge in [0.15, 0.2) is 0 Å². The summed E-state index contributed by atoms with van der Waals surface area (Å²) in [5, 5.41) is 2.60. The molecule has 0 aliphatic heterocycles. The van der Waals surface area contributed by atoms with E-state index in [1.54, 1.807) is 19.1 Å². The first-order valence-corrected chi connectivity index (χ1v) is 9.71. The van der Waals surface area contributed by atoms with E-state index >= 15 is 0 Å². The molecule has 0 aliphatic carbocycles. The van der Waals surface area contributed by atoms with Crippen LogP contribution in [0.3, 0.4) is 0 Å². The highest BCUT2D eigenvalue weighted by Gasteiger charge is 2.33. The van der Waals surface area contributed by atoms with Crippen LogP contribution in [0.2, 0.25) is 0 Å². The third kappa shape index (κ3) is 5.31. The average molecular weight is 348 g/mol. The van der Waals surface area contributed by atoms with Crippen molar-refractivity contribution in [1.82, 2.24) is 5.09 Å². The molecule has 0 saturated carbocycles. The van der Waals surface area contributed by atoms with Crippen LogP contribution < -0.4 is 9.61 Å². The first-order chi connectivity index (χ1) is 10.2. The van der Waals surface area contributed by atoms with E-state index in [2.05, 4.69) is 5.09 Å². The Morgan fingerprint density at radius 2 is 2.00 bits per heavy atom. The second kappa shape index (κ2) is 8.00. The topological polar surface area (TPSA) is 64.6 Å². The molecule has 0 heterocycles. The summed E-state index contributed by atoms with van der Waals surface area (Å²) >= 11 is 5.99. The van der Waals surface area contributed by atoms with Gasteiger partial charge >= 0.3 is 12.8 Å². The van der Waals surface area contributed by atoms with Crippen LogP contribution in [0.5, 0.6) is 5.75 Å². The molecule has 0 aromatic heterocycles. The fraction of sp³-hybridized carbons (Fsp3) is 0.533. The van der Waals surface area contributed by atoms with Crippen molar-refractivity contribution in [3.63, 3.8) is 0 Å². The highest BCUT2D eigenvalue weighted by molar-refractivity contribution is 7.84. The summed E-state index contributed by atoms with van der Waals surface area (Å²) < 4.78 is 22.9. The summed E-state index contributed by atoms with van der Waals surface area (Å²) in [4.78, 5) is 11.9. The Hall–Kier alpha value is -1.03. The number of carbonyl (C=O) groups excluding carboxylic acids is 1.